The third kappa shape index (κ3) is 11.3. The molecule has 0 amide bonds. The molecule has 0 unspecified atom stereocenters. The van der Waals surface area contributed by atoms with Crippen molar-refractivity contribution in [1.29, 1.82) is 0 Å². The number of carbonyl (C=O) groups is 1. The minimum absolute atomic E-state index is 0.170. The second-order valence-electron chi connectivity index (χ2n) is 3.31. The first kappa shape index (κ1) is 14.3. The second-order valence-corrected chi connectivity index (χ2v) is 3.31. The van der Waals surface area contributed by atoms with Crippen LogP contribution in [0.15, 0.2) is 0 Å². The van der Waals surface area contributed by atoms with Crippen LogP contribution in [0.3, 0.4) is 0 Å². The molecule has 0 saturated carbocycles. The topological polar surface area (TPSA) is 56.8 Å². The van der Waals surface area contributed by atoms with Gasteiger partial charge in [0.15, 0.2) is 0 Å². The molecule has 5 nitrogen and oxygen atoms in total. The molecule has 1 N–H and O–H groups in total. The fourth-order valence-electron chi connectivity index (χ4n) is 0.855. The first-order valence-corrected chi connectivity index (χ1v) is 5.13. The van der Waals surface area contributed by atoms with Gasteiger partial charge < -0.3 is 19.5 Å². The predicted octanol–water partition coefficient (Wildman–Crippen LogP) is 0.191. The van der Waals surface area contributed by atoms with Gasteiger partial charge in [-0.25, -0.2) is 0 Å². The maximum Gasteiger partial charge on any atom is 0.320 e. The Morgan fingerprint density at radius 3 is 2.60 bits per heavy atom. The molecule has 0 heterocycles. The van der Waals surface area contributed by atoms with E-state index in [0.717, 1.165) is 0 Å². The van der Waals surface area contributed by atoms with Crippen LogP contribution in [0.25, 0.3) is 0 Å². The zero-order valence-corrected chi connectivity index (χ0v) is 9.75. The lowest BCUT2D eigenvalue weighted by molar-refractivity contribution is -0.144. The van der Waals surface area contributed by atoms with Crippen LogP contribution in [0.1, 0.15) is 13.8 Å². The molecule has 0 rings (SSSR count). The molecule has 0 radical (unpaired) electrons. The quantitative estimate of drug-likeness (QED) is 0.443. The molecular weight excluding hydrogens is 198 g/mol. The van der Waals surface area contributed by atoms with E-state index in [1.807, 2.05) is 13.8 Å². The van der Waals surface area contributed by atoms with Crippen molar-refractivity contribution in [1.82, 2.24) is 5.32 Å². The lowest BCUT2D eigenvalue weighted by Crippen LogP contribution is -2.28. The van der Waals surface area contributed by atoms with E-state index in [2.05, 4.69) is 5.32 Å². The number of methoxy groups -OCH3 is 1. The molecule has 15 heavy (non-hydrogen) atoms. The number of hydrogen-bond acceptors (Lipinski definition) is 5. The van der Waals surface area contributed by atoms with Crippen molar-refractivity contribution >= 4 is 5.97 Å². The highest BCUT2D eigenvalue weighted by Crippen LogP contribution is 1.87. The number of carbonyl (C=O) groups excluding carboxylic acids is 1. The molecule has 5 heteroatoms. The molecule has 0 aliphatic carbocycles. The van der Waals surface area contributed by atoms with E-state index in [1.165, 1.54) is 0 Å². The van der Waals surface area contributed by atoms with Crippen LogP contribution in [0.5, 0.6) is 0 Å². The normalized spacial score (nSPS) is 10.7. The van der Waals surface area contributed by atoms with Crippen molar-refractivity contribution in [2.24, 2.45) is 0 Å². The summed E-state index contributed by atoms with van der Waals surface area (Å²) < 4.78 is 14.9. The summed E-state index contributed by atoms with van der Waals surface area (Å²) in [5.41, 5.74) is 0. The van der Waals surface area contributed by atoms with Gasteiger partial charge in [-0.2, -0.15) is 0 Å². The lowest BCUT2D eigenvalue weighted by Gasteiger charge is -2.08. The van der Waals surface area contributed by atoms with Gasteiger partial charge in [0.25, 0.3) is 0 Å². The summed E-state index contributed by atoms with van der Waals surface area (Å²) >= 11 is 0. The Morgan fingerprint density at radius 1 is 1.27 bits per heavy atom. The summed E-state index contributed by atoms with van der Waals surface area (Å²) in [6.45, 7) is 6.08. The summed E-state index contributed by atoms with van der Waals surface area (Å²) in [5.74, 6) is -0.265. The molecule has 90 valence electrons. The van der Waals surface area contributed by atoms with E-state index in [-0.39, 0.29) is 18.6 Å². The van der Waals surface area contributed by atoms with Gasteiger partial charge in [0.05, 0.1) is 25.9 Å². The highest BCUT2D eigenvalue weighted by Gasteiger charge is 2.01. The van der Waals surface area contributed by atoms with Crippen LogP contribution in [-0.4, -0.2) is 52.1 Å². The van der Waals surface area contributed by atoms with Crippen LogP contribution in [-0.2, 0) is 19.0 Å². The van der Waals surface area contributed by atoms with Gasteiger partial charge in [-0.1, -0.05) is 0 Å². The molecule has 0 fully saturated rings. The van der Waals surface area contributed by atoms with Gasteiger partial charge in [-0.15, -0.1) is 0 Å². The molecule has 0 aliphatic heterocycles. The van der Waals surface area contributed by atoms with Gasteiger partial charge >= 0.3 is 5.97 Å². The van der Waals surface area contributed by atoms with Crippen molar-refractivity contribution < 1.29 is 19.0 Å². The van der Waals surface area contributed by atoms with E-state index in [4.69, 9.17) is 14.2 Å². The SMILES string of the molecule is COCCNCC(=O)OCCOC(C)C. The molecule has 0 atom stereocenters. The summed E-state index contributed by atoms with van der Waals surface area (Å²) in [6, 6.07) is 0. The lowest BCUT2D eigenvalue weighted by atomic mass is 10.5. The average molecular weight is 219 g/mol. The highest BCUT2D eigenvalue weighted by molar-refractivity contribution is 5.71. The van der Waals surface area contributed by atoms with Gasteiger partial charge in [-0.05, 0) is 13.8 Å². The number of rotatable bonds is 9. The zero-order valence-electron chi connectivity index (χ0n) is 9.75. The minimum atomic E-state index is -0.265. The van der Waals surface area contributed by atoms with Crippen molar-refractivity contribution in [2.45, 2.75) is 20.0 Å². The Kier molecular flexibility index (Phi) is 9.46. The van der Waals surface area contributed by atoms with Crippen molar-refractivity contribution in [3.63, 3.8) is 0 Å². The van der Waals surface area contributed by atoms with Crippen LogP contribution in [0, 0.1) is 0 Å². The number of hydrogen-bond donors (Lipinski definition) is 1. The van der Waals surface area contributed by atoms with Crippen molar-refractivity contribution in [2.75, 3.05) is 40.0 Å². The van der Waals surface area contributed by atoms with E-state index in [1.54, 1.807) is 7.11 Å². The zero-order chi connectivity index (χ0) is 11.5. The summed E-state index contributed by atoms with van der Waals surface area (Å²) in [4.78, 5) is 11.1. The first-order chi connectivity index (χ1) is 7.16. The molecule has 0 aromatic rings. The van der Waals surface area contributed by atoms with Gasteiger partial charge in [0, 0.05) is 13.7 Å². The second kappa shape index (κ2) is 9.89. The molecule has 0 spiro atoms. The Hall–Kier alpha value is -0.650. The van der Waals surface area contributed by atoms with E-state index >= 15 is 0 Å². The van der Waals surface area contributed by atoms with E-state index in [0.29, 0.717) is 26.4 Å². The van der Waals surface area contributed by atoms with Crippen LogP contribution < -0.4 is 5.32 Å². The Labute approximate surface area is 91.1 Å². The Morgan fingerprint density at radius 2 is 2.00 bits per heavy atom. The van der Waals surface area contributed by atoms with E-state index < -0.39 is 0 Å². The molecular formula is C10H21NO4. The fraction of sp³-hybridized carbons (Fsp3) is 0.900. The van der Waals surface area contributed by atoms with Gasteiger partial charge in [0.2, 0.25) is 0 Å². The van der Waals surface area contributed by atoms with Crippen molar-refractivity contribution in [3.05, 3.63) is 0 Å². The fourth-order valence-corrected chi connectivity index (χ4v) is 0.855. The summed E-state index contributed by atoms with van der Waals surface area (Å²) in [5, 5.41) is 2.90. The first-order valence-electron chi connectivity index (χ1n) is 5.13. The standard InChI is InChI=1S/C10H21NO4/c1-9(2)14-6-7-15-10(12)8-11-4-5-13-3/h9,11H,4-8H2,1-3H3. The number of nitrogens with one attached hydrogen (secondary N) is 1. The minimum Gasteiger partial charge on any atom is -0.462 e. The van der Waals surface area contributed by atoms with Crippen LogP contribution in [0.2, 0.25) is 0 Å². The Bertz CT molecular complexity index is 162. The molecule has 0 aromatic heterocycles. The maximum atomic E-state index is 11.1. The summed E-state index contributed by atoms with van der Waals surface area (Å²) in [6.07, 6.45) is 0.170. The van der Waals surface area contributed by atoms with E-state index in [9.17, 15) is 4.79 Å². The maximum absolute atomic E-state index is 11.1. The monoisotopic (exact) mass is 219 g/mol. The van der Waals surface area contributed by atoms with Gasteiger partial charge in [0.1, 0.15) is 6.61 Å². The van der Waals surface area contributed by atoms with Crippen molar-refractivity contribution in [3.8, 4) is 0 Å². The third-order valence-corrected chi connectivity index (χ3v) is 1.55. The average Bonchev–Trinajstić information content (AvgIpc) is 2.19. The number of ether oxygens (including phenoxy) is 3. The third-order valence-electron chi connectivity index (χ3n) is 1.55. The molecule has 0 saturated heterocycles. The largest absolute Gasteiger partial charge is 0.462 e. The van der Waals surface area contributed by atoms with Crippen LogP contribution >= 0.6 is 0 Å². The van der Waals surface area contributed by atoms with Gasteiger partial charge in [-0.3, -0.25) is 4.79 Å². The molecule has 0 aliphatic rings. The highest BCUT2D eigenvalue weighted by atomic mass is 16.6. The molecule has 0 aromatic carbocycles. The number of esters is 1. The summed E-state index contributed by atoms with van der Waals surface area (Å²) in [7, 11) is 1.61. The molecule has 0 bridgehead atoms. The smallest absolute Gasteiger partial charge is 0.320 e. The predicted molar refractivity (Wildman–Crippen MR) is 56.8 cm³/mol. The Balaban J connectivity index is 3.19. The van der Waals surface area contributed by atoms with Crippen LogP contribution in [0.4, 0.5) is 0 Å².